The first-order valence-corrected chi connectivity index (χ1v) is 6.69. The van der Waals surface area contributed by atoms with E-state index in [1.807, 2.05) is 6.07 Å². The van der Waals surface area contributed by atoms with E-state index in [0.717, 1.165) is 4.90 Å². The van der Waals surface area contributed by atoms with Crippen LogP contribution in [0.1, 0.15) is 32.1 Å². The molecule has 1 atom stereocenters. The summed E-state index contributed by atoms with van der Waals surface area (Å²) in [6.07, 6.45) is -3.59. The van der Waals surface area contributed by atoms with E-state index in [-0.39, 0.29) is 6.54 Å². The average Bonchev–Trinajstić information content (AvgIpc) is 3.05. The lowest BCUT2D eigenvalue weighted by molar-refractivity contribution is -0.227. The Kier molecular flexibility index (Phi) is 3.64. The number of aliphatic carboxylic acids is 1. The summed E-state index contributed by atoms with van der Waals surface area (Å²) in [7, 11) is 0. The van der Waals surface area contributed by atoms with Crippen LogP contribution in [0.3, 0.4) is 0 Å². The third-order valence-electron chi connectivity index (χ3n) is 4.59. The Labute approximate surface area is 119 Å². The number of amides is 1. The first-order valence-electron chi connectivity index (χ1n) is 6.69. The van der Waals surface area contributed by atoms with Crippen molar-refractivity contribution < 1.29 is 27.9 Å². The van der Waals surface area contributed by atoms with Crippen LogP contribution in [-0.2, 0) is 9.59 Å². The molecule has 1 saturated heterocycles. The first-order chi connectivity index (χ1) is 9.68. The second kappa shape index (κ2) is 4.90. The van der Waals surface area contributed by atoms with Gasteiger partial charge in [0.15, 0.2) is 5.41 Å². The highest BCUT2D eigenvalue weighted by Gasteiger charge is 2.65. The lowest BCUT2D eigenvalue weighted by Crippen LogP contribution is -2.49. The van der Waals surface area contributed by atoms with Crippen molar-refractivity contribution in [3.63, 3.8) is 0 Å². The van der Waals surface area contributed by atoms with Gasteiger partial charge in [-0.25, -0.2) is 0 Å². The fourth-order valence-electron chi connectivity index (χ4n) is 3.17. The molecule has 8 heteroatoms. The van der Waals surface area contributed by atoms with Crippen molar-refractivity contribution in [2.45, 2.75) is 38.3 Å². The molecular weight excluding hydrogens is 289 g/mol. The van der Waals surface area contributed by atoms with Gasteiger partial charge in [-0.05, 0) is 19.3 Å². The van der Waals surface area contributed by atoms with E-state index in [1.54, 1.807) is 0 Å². The maximum Gasteiger partial charge on any atom is 0.406 e. The monoisotopic (exact) mass is 304 g/mol. The molecule has 5 nitrogen and oxygen atoms in total. The number of likely N-dealkylation sites (tertiary alicyclic amines) is 1. The Hall–Kier alpha value is -1.78. The standard InChI is InChI=1S/C13H15F3N2O3/c14-13(15,16)12(10(20)21)5-6-18(8-12)9(19)11(7-17)3-1-2-4-11/h1-6,8H2,(H,20,21). The van der Waals surface area contributed by atoms with Crippen LogP contribution in [0, 0.1) is 22.2 Å². The van der Waals surface area contributed by atoms with Crippen molar-refractivity contribution in [2.24, 2.45) is 10.8 Å². The number of rotatable bonds is 2. The fourth-order valence-corrected chi connectivity index (χ4v) is 3.17. The molecule has 0 radical (unpaired) electrons. The summed E-state index contributed by atoms with van der Waals surface area (Å²) < 4.78 is 39.2. The summed E-state index contributed by atoms with van der Waals surface area (Å²) in [5, 5.41) is 18.2. The van der Waals surface area contributed by atoms with Gasteiger partial charge in [-0.3, -0.25) is 9.59 Å². The molecule has 2 rings (SSSR count). The molecule has 1 N–H and O–H groups in total. The highest BCUT2D eigenvalue weighted by atomic mass is 19.4. The molecule has 2 fully saturated rings. The lowest BCUT2D eigenvalue weighted by Gasteiger charge is -2.30. The topological polar surface area (TPSA) is 81.4 Å². The van der Waals surface area contributed by atoms with Crippen LogP contribution in [0.25, 0.3) is 0 Å². The van der Waals surface area contributed by atoms with Crippen molar-refractivity contribution in [2.75, 3.05) is 13.1 Å². The number of carbonyl (C=O) groups is 2. The zero-order chi connectivity index (χ0) is 15.9. The van der Waals surface area contributed by atoms with Crippen molar-refractivity contribution >= 4 is 11.9 Å². The Morgan fingerprint density at radius 1 is 1.19 bits per heavy atom. The van der Waals surface area contributed by atoms with E-state index in [1.165, 1.54) is 0 Å². The molecule has 1 aliphatic carbocycles. The number of hydrogen-bond acceptors (Lipinski definition) is 3. The Balaban J connectivity index is 2.24. The predicted molar refractivity (Wildman–Crippen MR) is 63.8 cm³/mol. The van der Waals surface area contributed by atoms with Crippen molar-refractivity contribution in [3.8, 4) is 6.07 Å². The predicted octanol–water partition coefficient (Wildman–Crippen LogP) is 1.94. The largest absolute Gasteiger partial charge is 0.481 e. The number of nitrogens with zero attached hydrogens (tertiary/aromatic N) is 2. The maximum atomic E-state index is 13.1. The Bertz CT molecular complexity index is 506. The quantitative estimate of drug-likeness (QED) is 0.845. The van der Waals surface area contributed by atoms with Gasteiger partial charge in [0.1, 0.15) is 5.41 Å². The minimum absolute atomic E-state index is 0.284. The summed E-state index contributed by atoms with van der Waals surface area (Å²) >= 11 is 0. The fraction of sp³-hybridized carbons (Fsp3) is 0.769. The van der Waals surface area contributed by atoms with Gasteiger partial charge < -0.3 is 10.0 Å². The SMILES string of the molecule is N#CC1(C(=O)N2CCC(C(=O)O)(C(F)(F)F)C2)CCCC1. The average molecular weight is 304 g/mol. The Morgan fingerprint density at radius 2 is 1.76 bits per heavy atom. The van der Waals surface area contributed by atoms with Crippen LogP contribution < -0.4 is 0 Å². The number of halogens is 3. The van der Waals surface area contributed by atoms with Crippen LogP contribution in [0.5, 0.6) is 0 Å². The summed E-state index contributed by atoms with van der Waals surface area (Å²) in [6, 6.07) is 1.93. The van der Waals surface area contributed by atoms with Gasteiger partial charge in [-0.2, -0.15) is 18.4 Å². The second-order valence-corrected chi connectivity index (χ2v) is 5.76. The molecule has 1 saturated carbocycles. The summed E-state index contributed by atoms with van der Waals surface area (Å²) in [5.41, 5.74) is -4.20. The van der Waals surface area contributed by atoms with E-state index >= 15 is 0 Å². The molecule has 1 heterocycles. The minimum atomic E-state index is -4.93. The number of carbonyl (C=O) groups excluding carboxylic acids is 1. The van der Waals surface area contributed by atoms with Crippen LogP contribution >= 0.6 is 0 Å². The van der Waals surface area contributed by atoms with Crippen LogP contribution in [0.15, 0.2) is 0 Å². The molecule has 21 heavy (non-hydrogen) atoms. The molecular formula is C13H15F3N2O3. The van der Waals surface area contributed by atoms with Gasteiger partial charge in [0.2, 0.25) is 5.91 Å². The van der Waals surface area contributed by atoms with Crippen molar-refractivity contribution in [1.29, 1.82) is 5.26 Å². The molecule has 116 valence electrons. The number of carboxylic acid groups (broad SMARTS) is 1. The summed E-state index contributed by atoms with van der Waals surface area (Å²) in [5.74, 6) is -2.63. The third kappa shape index (κ3) is 2.24. The maximum absolute atomic E-state index is 13.1. The second-order valence-electron chi connectivity index (χ2n) is 5.76. The molecule has 0 aromatic heterocycles. The highest BCUT2D eigenvalue weighted by molar-refractivity contribution is 5.87. The van der Waals surface area contributed by atoms with Gasteiger partial charge in [0, 0.05) is 13.1 Å². The normalized spacial score (nSPS) is 28.4. The van der Waals surface area contributed by atoms with Crippen LogP contribution in [0.4, 0.5) is 13.2 Å². The van der Waals surface area contributed by atoms with Crippen LogP contribution in [0.2, 0.25) is 0 Å². The number of nitriles is 1. The van der Waals surface area contributed by atoms with Crippen LogP contribution in [-0.4, -0.2) is 41.1 Å². The van der Waals surface area contributed by atoms with E-state index in [2.05, 4.69) is 0 Å². The van der Waals surface area contributed by atoms with Gasteiger partial charge in [0.05, 0.1) is 6.07 Å². The zero-order valence-electron chi connectivity index (χ0n) is 11.2. The highest BCUT2D eigenvalue weighted by Crippen LogP contribution is 2.48. The molecule has 0 spiro atoms. The number of carboxylic acids is 1. The van der Waals surface area contributed by atoms with Crippen molar-refractivity contribution in [1.82, 2.24) is 4.90 Å². The van der Waals surface area contributed by atoms with E-state index in [0.29, 0.717) is 25.7 Å². The van der Waals surface area contributed by atoms with Crippen molar-refractivity contribution in [3.05, 3.63) is 0 Å². The molecule has 1 aliphatic heterocycles. The van der Waals surface area contributed by atoms with E-state index < -0.39 is 41.8 Å². The first kappa shape index (κ1) is 15.6. The minimum Gasteiger partial charge on any atom is -0.481 e. The molecule has 0 bridgehead atoms. The van der Waals surface area contributed by atoms with E-state index in [9.17, 15) is 28.0 Å². The molecule has 2 aliphatic rings. The number of hydrogen-bond donors (Lipinski definition) is 1. The molecule has 1 unspecified atom stereocenters. The van der Waals surface area contributed by atoms with Gasteiger partial charge in [0.25, 0.3) is 0 Å². The Morgan fingerprint density at radius 3 is 2.14 bits per heavy atom. The van der Waals surface area contributed by atoms with Gasteiger partial charge >= 0.3 is 12.1 Å². The summed E-state index contributed by atoms with van der Waals surface area (Å²) in [4.78, 5) is 24.4. The lowest BCUT2D eigenvalue weighted by atomic mass is 9.85. The van der Waals surface area contributed by atoms with Gasteiger partial charge in [-0.1, -0.05) is 12.8 Å². The number of alkyl halides is 3. The van der Waals surface area contributed by atoms with Gasteiger partial charge in [-0.15, -0.1) is 0 Å². The summed E-state index contributed by atoms with van der Waals surface area (Å²) in [6.45, 7) is -1.19. The van der Waals surface area contributed by atoms with E-state index in [4.69, 9.17) is 5.11 Å². The third-order valence-corrected chi connectivity index (χ3v) is 4.59. The molecule has 0 aromatic carbocycles. The zero-order valence-corrected chi connectivity index (χ0v) is 11.2. The molecule has 1 amide bonds. The molecule has 0 aromatic rings. The smallest absolute Gasteiger partial charge is 0.406 e.